The molecule has 0 aliphatic heterocycles. The molecule has 2 aromatic carbocycles. The molecule has 3 rings (SSSR count). The topological polar surface area (TPSA) is 67.3 Å². The van der Waals surface area contributed by atoms with Crippen LogP contribution in [0.15, 0.2) is 53.0 Å². The number of anilines is 1. The first-order valence-electron chi connectivity index (χ1n) is 8.25. The predicted octanol–water partition coefficient (Wildman–Crippen LogP) is 4.19. The third kappa shape index (κ3) is 5.35. The van der Waals surface area contributed by atoms with Gasteiger partial charge in [0.2, 0.25) is 5.01 Å². The number of benzene rings is 2. The molecule has 0 atom stereocenters. The van der Waals surface area contributed by atoms with E-state index < -0.39 is 0 Å². The minimum absolute atomic E-state index is 0.266. The first-order valence-corrected chi connectivity index (χ1v) is 9.86. The average molecular weight is 447 g/mol. The number of hydrogen-bond donors (Lipinski definition) is 1. The van der Waals surface area contributed by atoms with Crippen LogP contribution >= 0.6 is 27.3 Å². The van der Waals surface area contributed by atoms with Gasteiger partial charge >= 0.3 is 0 Å². The molecule has 0 aliphatic carbocycles. The van der Waals surface area contributed by atoms with Crippen LogP contribution in [0.1, 0.15) is 20.4 Å². The van der Waals surface area contributed by atoms with E-state index in [1.165, 1.54) is 16.9 Å². The fraction of sp³-hybridized carbons (Fsp3) is 0.211. The summed E-state index contributed by atoms with van der Waals surface area (Å²) in [6, 6.07) is 15.3. The normalized spacial score (nSPS) is 10.8. The Labute approximate surface area is 170 Å². The number of ether oxygens (including phenoxy) is 1. The number of amides is 1. The average Bonchev–Trinajstić information content (AvgIpc) is 3.13. The third-order valence-electron chi connectivity index (χ3n) is 3.81. The zero-order valence-corrected chi connectivity index (χ0v) is 17.4. The van der Waals surface area contributed by atoms with Gasteiger partial charge in [0.1, 0.15) is 10.8 Å². The quantitative estimate of drug-likeness (QED) is 0.588. The van der Waals surface area contributed by atoms with Gasteiger partial charge in [0.05, 0.1) is 13.7 Å². The SMILES string of the molecule is COc1ccc(NC(=O)c2nnc(CN(C)Cc3ccccc3Br)s2)cc1. The second kappa shape index (κ2) is 9.07. The van der Waals surface area contributed by atoms with Crippen LogP contribution in [0.3, 0.4) is 0 Å². The van der Waals surface area contributed by atoms with Crippen molar-refractivity contribution in [1.82, 2.24) is 15.1 Å². The van der Waals surface area contributed by atoms with Crippen molar-refractivity contribution in [3.05, 3.63) is 68.6 Å². The highest BCUT2D eigenvalue weighted by Gasteiger charge is 2.14. The summed E-state index contributed by atoms with van der Waals surface area (Å²) in [4.78, 5) is 14.5. The van der Waals surface area contributed by atoms with E-state index in [-0.39, 0.29) is 5.91 Å². The van der Waals surface area contributed by atoms with Crippen LogP contribution in [0.5, 0.6) is 5.75 Å². The van der Waals surface area contributed by atoms with Crippen molar-refractivity contribution in [2.45, 2.75) is 13.1 Å². The first kappa shape index (κ1) is 19.5. The van der Waals surface area contributed by atoms with Crippen LogP contribution in [0.2, 0.25) is 0 Å². The van der Waals surface area contributed by atoms with Crippen LogP contribution in [0.25, 0.3) is 0 Å². The highest BCUT2D eigenvalue weighted by Crippen LogP contribution is 2.20. The molecule has 1 N–H and O–H groups in total. The molecule has 0 spiro atoms. The number of nitrogens with zero attached hydrogens (tertiary/aromatic N) is 3. The summed E-state index contributed by atoms with van der Waals surface area (Å²) in [5, 5.41) is 12.1. The molecule has 1 heterocycles. The molecule has 0 radical (unpaired) electrons. The van der Waals surface area contributed by atoms with E-state index in [0.717, 1.165) is 21.8 Å². The standard InChI is InChI=1S/C19H19BrN4O2S/c1-24(11-13-5-3-4-6-16(13)20)12-17-22-23-19(27-17)18(25)21-14-7-9-15(26-2)10-8-14/h3-10H,11-12H2,1-2H3,(H,21,25). The maximum absolute atomic E-state index is 12.3. The van der Waals surface area contributed by atoms with Gasteiger partial charge in [-0.05, 0) is 42.9 Å². The number of halogens is 1. The van der Waals surface area contributed by atoms with Gasteiger partial charge in [-0.3, -0.25) is 9.69 Å². The fourth-order valence-electron chi connectivity index (χ4n) is 2.47. The van der Waals surface area contributed by atoms with Gasteiger partial charge in [-0.15, -0.1) is 10.2 Å². The molecule has 1 amide bonds. The Balaban J connectivity index is 1.58. The monoisotopic (exact) mass is 446 g/mol. The minimum Gasteiger partial charge on any atom is -0.497 e. The summed E-state index contributed by atoms with van der Waals surface area (Å²) in [5.41, 5.74) is 1.88. The Morgan fingerprint density at radius 3 is 2.59 bits per heavy atom. The molecular weight excluding hydrogens is 428 g/mol. The molecule has 0 bridgehead atoms. The van der Waals surface area contributed by atoms with E-state index in [0.29, 0.717) is 17.2 Å². The maximum atomic E-state index is 12.3. The summed E-state index contributed by atoms with van der Waals surface area (Å²) in [5.74, 6) is 0.469. The van der Waals surface area contributed by atoms with Crippen LogP contribution in [-0.4, -0.2) is 35.2 Å². The Kier molecular flexibility index (Phi) is 6.54. The van der Waals surface area contributed by atoms with E-state index in [1.54, 1.807) is 31.4 Å². The number of methoxy groups -OCH3 is 1. The maximum Gasteiger partial charge on any atom is 0.286 e. The van der Waals surface area contributed by atoms with Crippen molar-refractivity contribution in [2.75, 3.05) is 19.5 Å². The highest BCUT2D eigenvalue weighted by molar-refractivity contribution is 9.10. The van der Waals surface area contributed by atoms with Crippen molar-refractivity contribution in [3.63, 3.8) is 0 Å². The Morgan fingerprint density at radius 1 is 1.15 bits per heavy atom. The smallest absolute Gasteiger partial charge is 0.286 e. The lowest BCUT2D eigenvalue weighted by Gasteiger charge is -2.15. The van der Waals surface area contributed by atoms with Crippen LogP contribution in [0.4, 0.5) is 5.69 Å². The molecule has 27 heavy (non-hydrogen) atoms. The van der Waals surface area contributed by atoms with Crippen molar-refractivity contribution in [1.29, 1.82) is 0 Å². The lowest BCUT2D eigenvalue weighted by Crippen LogP contribution is -2.17. The fourth-order valence-corrected chi connectivity index (χ4v) is 3.70. The lowest BCUT2D eigenvalue weighted by atomic mass is 10.2. The molecule has 1 aromatic heterocycles. The van der Waals surface area contributed by atoms with Gasteiger partial charge in [-0.2, -0.15) is 0 Å². The highest BCUT2D eigenvalue weighted by atomic mass is 79.9. The summed E-state index contributed by atoms with van der Waals surface area (Å²) in [6.07, 6.45) is 0. The molecule has 0 saturated heterocycles. The number of aromatic nitrogens is 2. The number of rotatable bonds is 7. The second-order valence-electron chi connectivity index (χ2n) is 5.95. The minimum atomic E-state index is -0.266. The third-order valence-corrected chi connectivity index (χ3v) is 5.49. The van der Waals surface area contributed by atoms with Crippen LogP contribution in [0, 0.1) is 0 Å². The summed E-state index contributed by atoms with van der Waals surface area (Å²) >= 11 is 4.86. The van der Waals surface area contributed by atoms with E-state index >= 15 is 0 Å². The van der Waals surface area contributed by atoms with Gasteiger partial charge in [0.25, 0.3) is 5.91 Å². The van der Waals surface area contributed by atoms with E-state index in [4.69, 9.17) is 4.74 Å². The van der Waals surface area contributed by atoms with Crippen LogP contribution < -0.4 is 10.1 Å². The molecule has 3 aromatic rings. The number of carbonyl (C=O) groups excluding carboxylic acids is 1. The predicted molar refractivity (Wildman–Crippen MR) is 110 cm³/mol. The van der Waals surface area contributed by atoms with E-state index in [1.807, 2.05) is 25.2 Å². The van der Waals surface area contributed by atoms with Gasteiger partial charge in [-0.1, -0.05) is 45.5 Å². The van der Waals surface area contributed by atoms with Crippen molar-refractivity contribution >= 4 is 38.9 Å². The Bertz CT molecular complexity index is 914. The molecular formula is C19H19BrN4O2S. The largest absolute Gasteiger partial charge is 0.497 e. The Morgan fingerprint density at radius 2 is 1.89 bits per heavy atom. The van der Waals surface area contributed by atoms with Gasteiger partial charge in [-0.25, -0.2) is 0 Å². The molecule has 0 saturated carbocycles. The molecule has 0 aliphatic rings. The molecule has 0 unspecified atom stereocenters. The second-order valence-corrected chi connectivity index (χ2v) is 7.86. The Hall–Kier alpha value is -2.29. The van der Waals surface area contributed by atoms with Crippen molar-refractivity contribution in [3.8, 4) is 5.75 Å². The molecule has 8 heteroatoms. The van der Waals surface area contributed by atoms with E-state index in [9.17, 15) is 4.79 Å². The zero-order valence-electron chi connectivity index (χ0n) is 15.0. The van der Waals surface area contributed by atoms with Crippen molar-refractivity contribution in [2.24, 2.45) is 0 Å². The summed E-state index contributed by atoms with van der Waals surface area (Å²) < 4.78 is 6.19. The van der Waals surface area contributed by atoms with Gasteiger partial charge in [0.15, 0.2) is 0 Å². The van der Waals surface area contributed by atoms with E-state index in [2.05, 4.69) is 42.4 Å². The van der Waals surface area contributed by atoms with Crippen molar-refractivity contribution < 1.29 is 9.53 Å². The summed E-state index contributed by atoms with van der Waals surface area (Å²) in [7, 11) is 3.61. The van der Waals surface area contributed by atoms with Gasteiger partial charge < -0.3 is 10.1 Å². The molecule has 6 nitrogen and oxygen atoms in total. The molecule has 140 valence electrons. The van der Waals surface area contributed by atoms with Gasteiger partial charge in [0, 0.05) is 16.7 Å². The lowest BCUT2D eigenvalue weighted by molar-refractivity contribution is 0.102. The first-order chi connectivity index (χ1) is 13.0. The summed E-state index contributed by atoms with van der Waals surface area (Å²) in [6.45, 7) is 1.39. The molecule has 0 fully saturated rings. The number of carbonyl (C=O) groups is 1. The number of nitrogens with one attached hydrogen (secondary N) is 1. The number of hydrogen-bond acceptors (Lipinski definition) is 6. The zero-order chi connectivity index (χ0) is 19.2. The van der Waals surface area contributed by atoms with Crippen LogP contribution in [-0.2, 0) is 13.1 Å².